The molecule has 18 heavy (non-hydrogen) atoms. The normalized spacial score (nSPS) is 19.1. The van der Waals surface area contributed by atoms with Gasteiger partial charge in [0.25, 0.3) is 5.91 Å². The minimum atomic E-state index is -0.533. The zero-order chi connectivity index (χ0) is 13.1. The van der Waals surface area contributed by atoms with Crippen molar-refractivity contribution in [1.82, 2.24) is 10.2 Å². The molecule has 0 radical (unpaired) electrons. The van der Waals surface area contributed by atoms with Crippen LogP contribution in [0.5, 0.6) is 0 Å². The summed E-state index contributed by atoms with van der Waals surface area (Å²) in [6.45, 7) is 1.03. The smallest absolute Gasteiger partial charge is 0.254 e. The van der Waals surface area contributed by atoms with Crippen LogP contribution >= 0.6 is 0 Å². The topological polar surface area (TPSA) is 49.4 Å². The molecule has 1 aliphatic rings. The molecule has 1 aromatic carbocycles. The number of carbonyl (C=O) groups is 2. The van der Waals surface area contributed by atoms with Crippen LogP contribution < -0.4 is 5.32 Å². The van der Waals surface area contributed by atoms with Crippen LogP contribution in [0.25, 0.3) is 0 Å². The fraction of sp³-hybridized carbons (Fsp3) is 0.385. The molecule has 4 nitrogen and oxygen atoms in total. The summed E-state index contributed by atoms with van der Waals surface area (Å²) >= 11 is 0. The number of hydrogen-bond acceptors (Lipinski definition) is 2. The Morgan fingerprint density at radius 2 is 2.22 bits per heavy atom. The second-order valence-corrected chi connectivity index (χ2v) is 4.53. The van der Waals surface area contributed by atoms with Crippen LogP contribution in [-0.2, 0) is 4.79 Å². The van der Waals surface area contributed by atoms with Crippen LogP contribution in [0, 0.1) is 11.7 Å². The molecule has 2 rings (SSSR count). The Bertz CT molecular complexity index is 476. The Hall–Kier alpha value is -1.91. The Balaban J connectivity index is 1.90. The minimum Gasteiger partial charge on any atom is -0.352 e. The molecule has 1 saturated heterocycles. The highest BCUT2D eigenvalue weighted by Gasteiger charge is 2.27. The minimum absolute atomic E-state index is 0.0372. The summed E-state index contributed by atoms with van der Waals surface area (Å²) in [7, 11) is 1.74. The van der Waals surface area contributed by atoms with E-state index in [9.17, 15) is 14.0 Å². The molecule has 96 valence electrons. The lowest BCUT2D eigenvalue weighted by Gasteiger charge is -2.11. The van der Waals surface area contributed by atoms with Crippen molar-refractivity contribution >= 4 is 11.8 Å². The summed E-state index contributed by atoms with van der Waals surface area (Å²) in [6, 6.07) is 5.85. The van der Waals surface area contributed by atoms with E-state index in [4.69, 9.17) is 0 Å². The second-order valence-electron chi connectivity index (χ2n) is 4.53. The average Bonchev–Trinajstić information content (AvgIpc) is 2.66. The Kier molecular flexibility index (Phi) is 3.60. The number of halogens is 1. The maximum atomic E-state index is 13.3. The fourth-order valence-electron chi connectivity index (χ4n) is 2.07. The number of likely N-dealkylation sites (tertiary alicyclic amines) is 1. The van der Waals surface area contributed by atoms with Gasteiger partial charge in [0.15, 0.2) is 0 Å². The zero-order valence-electron chi connectivity index (χ0n) is 10.1. The zero-order valence-corrected chi connectivity index (χ0v) is 10.1. The van der Waals surface area contributed by atoms with E-state index in [1.54, 1.807) is 18.0 Å². The molecule has 2 amide bonds. The Morgan fingerprint density at radius 1 is 1.50 bits per heavy atom. The predicted molar refractivity (Wildman–Crippen MR) is 64.5 cm³/mol. The first-order valence-corrected chi connectivity index (χ1v) is 5.84. The van der Waals surface area contributed by atoms with Crippen LogP contribution in [0.15, 0.2) is 24.3 Å². The highest BCUT2D eigenvalue weighted by Crippen LogP contribution is 2.15. The van der Waals surface area contributed by atoms with E-state index < -0.39 is 11.7 Å². The maximum absolute atomic E-state index is 13.3. The molecular formula is C13H15FN2O2. The van der Waals surface area contributed by atoms with Crippen molar-refractivity contribution in [3.8, 4) is 0 Å². The molecule has 1 N–H and O–H groups in total. The van der Waals surface area contributed by atoms with Crippen molar-refractivity contribution in [2.24, 2.45) is 5.92 Å². The molecule has 1 atom stereocenters. The first kappa shape index (κ1) is 12.5. The standard InChI is InChI=1S/C13H15FN2O2/c1-16-8-9(6-12(16)17)7-15-13(18)10-4-2-3-5-11(10)14/h2-5,9H,6-8H2,1H3,(H,15,18). The highest BCUT2D eigenvalue weighted by atomic mass is 19.1. The van der Waals surface area contributed by atoms with Gasteiger partial charge in [0.1, 0.15) is 5.82 Å². The van der Waals surface area contributed by atoms with Crippen LogP contribution in [0.3, 0.4) is 0 Å². The molecule has 1 heterocycles. The molecule has 0 spiro atoms. The summed E-state index contributed by atoms with van der Waals surface area (Å²) in [5.74, 6) is -0.775. The van der Waals surface area contributed by atoms with Gasteiger partial charge in [0.2, 0.25) is 5.91 Å². The van der Waals surface area contributed by atoms with Crippen molar-refractivity contribution in [2.75, 3.05) is 20.1 Å². The summed E-state index contributed by atoms with van der Waals surface area (Å²) in [5.41, 5.74) is 0.0372. The van der Waals surface area contributed by atoms with Gasteiger partial charge in [0, 0.05) is 32.5 Å². The third-order valence-corrected chi connectivity index (χ3v) is 3.09. The molecule has 1 aliphatic heterocycles. The lowest BCUT2D eigenvalue weighted by atomic mass is 10.1. The number of nitrogens with one attached hydrogen (secondary N) is 1. The average molecular weight is 250 g/mol. The van der Waals surface area contributed by atoms with E-state index >= 15 is 0 Å². The summed E-state index contributed by atoms with van der Waals surface area (Å²) < 4.78 is 13.3. The summed E-state index contributed by atoms with van der Waals surface area (Å²) in [6.07, 6.45) is 0.439. The monoisotopic (exact) mass is 250 g/mol. The molecule has 5 heteroatoms. The van der Waals surface area contributed by atoms with Crippen molar-refractivity contribution in [3.05, 3.63) is 35.6 Å². The lowest BCUT2D eigenvalue weighted by Crippen LogP contribution is -2.31. The number of benzene rings is 1. The second kappa shape index (κ2) is 5.16. The van der Waals surface area contributed by atoms with Crippen molar-refractivity contribution in [2.45, 2.75) is 6.42 Å². The number of hydrogen-bond donors (Lipinski definition) is 1. The molecule has 1 aromatic rings. The third-order valence-electron chi connectivity index (χ3n) is 3.09. The molecule has 0 aromatic heterocycles. The number of nitrogens with zero attached hydrogens (tertiary/aromatic N) is 1. The predicted octanol–water partition coefficient (Wildman–Crippen LogP) is 1.03. The quantitative estimate of drug-likeness (QED) is 0.871. The largest absolute Gasteiger partial charge is 0.352 e. The van der Waals surface area contributed by atoms with Gasteiger partial charge in [-0.3, -0.25) is 9.59 Å². The lowest BCUT2D eigenvalue weighted by molar-refractivity contribution is -0.126. The first-order valence-electron chi connectivity index (χ1n) is 5.84. The summed E-state index contributed by atoms with van der Waals surface area (Å²) in [4.78, 5) is 24.7. The summed E-state index contributed by atoms with van der Waals surface area (Å²) in [5, 5.41) is 2.66. The van der Waals surface area contributed by atoms with Crippen molar-refractivity contribution in [3.63, 3.8) is 0 Å². The van der Waals surface area contributed by atoms with E-state index in [2.05, 4.69) is 5.32 Å². The van der Waals surface area contributed by atoms with Crippen molar-refractivity contribution in [1.29, 1.82) is 0 Å². The number of rotatable bonds is 3. The van der Waals surface area contributed by atoms with E-state index in [0.29, 0.717) is 19.5 Å². The van der Waals surface area contributed by atoms with Gasteiger partial charge >= 0.3 is 0 Å². The van der Waals surface area contributed by atoms with Gasteiger partial charge in [-0.1, -0.05) is 12.1 Å². The molecule has 1 fully saturated rings. The molecular weight excluding hydrogens is 235 g/mol. The van der Waals surface area contributed by atoms with E-state index in [0.717, 1.165) is 0 Å². The van der Waals surface area contributed by atoms with Gasteiger partial charge in [-0.2, -0.15) is 0 Å². The maximum Gasteiger partial charge on any atom is 0.254 e. The highest BCUT2D eigenvalue weighted by molar-refractivity contribution is 5.94. The van der Waals surface area contributed by atoms with Crippen LogP contribution in [0.1, 0.15) is 16.8 Å². The van der Waals surface area contributed by atoms with Gasteiger partial charge in [-0.25, -0.2) is 4.39 Å². The molecule has 0 aliphatic carbocycles. The molecule has 0 bridgehead atoms. The van der Waals surface area contributed by atoms with Crippen LogP contribution in [0.2, 0.25) is 0 Å². The van der Waals surface area contributed by atoms with Gasteiger partial charge in [-0.05, 0) is 12.1 Å². The SMILES string of the molecule is CN1CC(CNC(=O)c2ccccc2F)CC1=O. The molecule has 0 saturated carbocycles. The number of carbonyl (C=O) groups excluding carboxylic acids is 2. The number of amides is 2. The van der Waals surface area contributed by atoms with E-state index in [1.807, 2.05) is 0 Å². The fourth-order valence-corrected chi connectivity index (χ4v) is 2.07. The van der Waals surface area contributed by atoms with Crippen molar-refractivity contribution < 1.29 is 14.0 Å². The van der Waals surface area contributed by atoms with Gasteiger partial charge in [0.05, 0.1) is 5.56 Å². The van der Waals surface area contributed by atoms with Crippen LogP contribution in [0.4, 0.5) is 4.39 Å². The molecule has 1 unspecified atom stereocenters. The van der Waals surface area contributed by atoms with E-state index in [1.165, 1.54) is 18.2 Å². The third kappa shape index (κ3) is 2.67. The first-order chi connectivity index (χ1) is 8.58. The van der Waals surface area contributed by atoms with Crippen LogP contribution in [-0.4, -0.2) is 36.9 Å². The Morgan fingerprint density at radius 3 is 2.83 bits per heavy atom. The van der Waals surface area contributed by atoms with Gasteiger partial charge in [-0.15, -0.1) is 0 Å². The van der Waals surface area contributed by atoms with Gasteiger partial charge < -0.3 is 10.2 Å². The Labute approximate surface area is 105 Å². The van der Waals surface area contributed by atoms with E-state index in [-0.39, 0.29) is 17.4 Å².